The summed E-state index contributed by atoms with van der Waals surface area (Å²) in [6, 6.07) is -0.879. The van der Waals surface area contributed by atoms with Crippen LogP contribution in [-0.2, 0) is 27.9 Å². The molecule has 0 saturated carbocycles. The number of hydrogen-bond donors (Lipinski definition) is 2. The van der Waals surface area contributed by atoms with Crippen molar-refractivity contribution in [2.75, 3.05) is 40.9 Å². The number of nitrogens with zero attached hydrogens (tertiary/aromatic N) is 1. The first kappa shape index (κ1) is 79.2. The van der Waals surface area contributed by atoms with E-state index in [-0.39, 0.29) is 31.5 Å². The second-order valence-electron chi connectivity index (χ2n) is 23.4. The van der Waals surface area contributed by atoms with E-state index in [0.29, 0.717) is 23.9 Å². The molecule has 83 heavy (non-hydrogen) atoms. The molecular weight excluding hydrogens is 1050 g/mol. The summed E-state index contributed by atoms with van der Waals surface area (Å²) in [4.78, 5) is 37.8. The van der Waals surface area contributed by atoms with Crippen molar-refractivity contribution >= 4 is 19.7 Å². The minimum Gasteiger partial charge on any atom is -0.456 e. The lowest BCUT2D eigenvalue weighted by atomic mass is 10.0. The van der Waals surface area contributed by atoms with Crippen molar-refractivity contribution in [3.05, 3.63) is 134 Å². The van der Waals surface area contributed by atoms with Gasteiger partial charge in [0.1, 0.15) is 19.3 Å². The Bertz CT molecular complexity index is 1880. The van der Waals surface area contributed by atoms with Gasteiger partial charge < -0.3 is 19.4 Å². The van der Waals surface area contributed by atoms with Crippen LogP contribution in [0.1, 0.15) is 265 Å². The van der Waals surface area contributed by atoms with Crippen molar-refractivity contribution < 1.29 is 37.3 Å². The predicted octanol–water partition coefficient (Wildman–Crippen LogP) is 21.2. The number of allylic oxidation sites excluding steroid dienone is 21. The van der Waals surface area contributed by atoms with E-state index < -0.39 is 20.0 Å². The van der Waals surface area contributed by atoms with Crippen LogP contribution in [0.15, 0.2) is 134 Å². The molecular formula is C73H126N2O7P+. The molecule has 474 valence electrons. The van der Waals surface area contributed by atoms with E-state index >= 15 is 0 Å². The quantitative estimate of drug-likeness (QED) is 0.0156. The van der Waals surface area contributed by atoms with E-state index in [2.05, 4.69) is 86.8 Å². The number of nitrogens with one attached hydrogen (secondary N) is 1. The van der Waals surface area contributed by atoms with Crippen LogP contribution in [0, 0.1) is 0 Å². The van der Waals surface area contributed by atoms with Crippen LogP contribution in [0.25, 0.3) is 0 Å². The summed E-state index contributed by atoms with van der Waals surface area (Å²) in [6.07, 6.45) is 87.4. The molecule has 0 fully saturated rings. The summed E-state index contributed by atoms with van der Waals surface area (Å²) in [5.41, 5.74) is 0. The molecule has 9 nitrogen and oxygen atoms in total. The Morgan fingerprint density at radius 2 is 0.819 bits per heavy atom. The molecule has 3 atom stereocenters. The molecule has 2 N–H and O–H groups in total. The van der Waals surface area contributed by atoms with Crippen LogP contribution in [-0.4, -0.2) is 74.3 Å². The number of esters is 1. The van der Waals surface area contributed by atoms with Crippen molar-refractivity contribution in [2.24, 2.45) is 0 Å². The summed E-state index contributed by atoms with van der Waals surface area (Å²) in [7, 11) is 1.45. The molecule has 0 rings (SSSR count). The number of amides is 1. The van der Waals surface area contributed by atoms with Gasteiger partial charge in [0.25, 0.3) is 0 Å². The number of hydrogen-bond acceptors (Lipinski definition) is 6. The van der Waals surface area contributed by atoms with Gasteiger partial charge in [-0.05, 0) is 96.0 Å². The van der Waals surface area contributed by atoms with E-state index in [1.165, 1.54) is 135 Å². The Kier molecular flexibility index (Phi) is 58.4. The highest BCUT2D eigenvalue weighted by Crippen LogP contribution is 2.43. The van der Waals surface area contributed by atoms with Crippen molar-refractivity contribution in [3.63, 3.8) is 0 Å². The molecule has 3 unspecified atom stereocenters. The van der Waals surface area contributed by atoms with Crippen LogP contribution in [0.4, 0.5) is 0 Å². The standard InChI is InChI=1S/C73H125N2O7P/c1-7-10-13-16-19-22-25-28-30-32-33-34-35-36-37-38-39-40-41-43-44-47-50-53-56-59-62-65-72(76)74-70(69-81-83(78,79)80-68-67-75(4,5)6)71(64-61-58-55-52-49-46-27-24-21-18-15-12-9-3)82-73(77)66-63-60-57-54-51-48-45-42-31-29-26-23-20-17-14-11-8-2/h11,14,17,19-20,22-23,26,28-31,33-34,36-37,42,45,48,51,61,64,70-71H,7-10,12-13,15-16,18,21,24-25,27,32,35,38-41,43-44,46-47,49-50,52-60,62-63,65-69H2,1-6H3,(H-,74,76,78,79)/p+1/b14-11-,20-17+,22-19-,26-23+,30-28-,31-29-,34-33-,37-36-,45-42+,51-48+,64-61-. The van der Waals surface area contributed by atoms with Gasteiger partial charge in [-0.25, -0.2) is 4.57 Å². The molecule has 0 aromatic carbocycles. The number of quaternary nitrogens is 1. The molecule has 0 aromatic rings. The molecule has 10 heteroatoms. The molecule has 0 saturated heterocycles. The number of unbranched alkanes of at least 4 members (excludes halogenated alkanes) is 28. The maximum atomic E-state index is 13.6. The minimum atomic E-state index is -4.47. The van der Waals surface area contributed by atoms with E-state index in [4.69, 9.17) is 13.8 Å². The minimum absolute atomic E-state index is 0.0248. The topological polar surface area (TPSA) is 111 Å². The summed E-state index contributed by atoms with van der Waals surface area (Å²) in [5.74, 6) is -0.565. The van der Waals surface area contributed by atoms with Crippen LogP contribution in [0.3, 0.4) is 0 Å². The van der Waals surface area contributed by atoms with Gasteiger partial charge in [0.15, 0.2) is 0 Å². The van der Waals surface area contributed by atoms with Crippen molar-refractivity contribution in [2.45, 2.75) is 277 Å². The Morgan fingerprint density at radius 3 is 1.30 bits per heavy atom. The molecule has 0 aromatic heterocycles. The van der Waals surface area contributed by atoms with Crippen LogP contribution in [0.2, 0.25) is 0 Å². The molecule has 1 amide bonds. The zero-order chi connectivity index (χ0) is 60.7. The normalized spacial score (nSPS) is 14.4. The maximum Gasteiger partial charge on any atom is 0.472 e. The number of ether oxygens (including phenoxy) is 1. The largest absolute Gasteiger partial charge is 0.472 e. The smallest absolute Gasteiger partial charge is 0.456 e. The number of phosphoric ester groups is 1. The molecule has 0 radical (unpaired) electrons. The van der Waals surface area contributed by atoms with Gasteiger partial charge in [-0.3, -0.25) is 18.6 Å². The lowest BCUT2D eigenvalue weighted by molar-refractivity contribution is -0.870. The third-order valence-corrected chi connectivity index (χ3v) is 15.2. The Labute approximate surface area is 511 Å². The zero-order valence-electron chi connectivity index (χ0n) is 54.1. The summed E-state index contributed by atoms with van der Waals surface area (Å²) < 4.78 is 30.7. The van der Waals surface area contributed by atoms with Crippen LogP contribution >= 0.6 is 7.82 Å². The highest BCUT2D eigenvalue weighted by atomic mass is 31.2. The molecule has 0 aliphatic carbocycles. The number of carbonyl (C=O) groups is 2. The van der Waals surface area contributed by atoms with Gasteiger partial charge in [-0.15, -0.1) is 0 Å². The van der Waals surface area contributed by atoms with E-state index in [1.807, 2.05) is 94.1 Å². The van der Waals surface area contributed by atoms with Gasteiger partial charge in [-0.1, -0.05) is 290 Å². The highest BCUT2D eigenvalue weighted by Gasteiger charge is 2.30. The fourth-order valence-electron chi connectivity index (χ4n) is 9.07. The highest BCUT2D eigenvalue weighted by molar-refractivity contribution is 7.47. The first-order valence-corrected chi connectivity index (χ1v) is 35.1. The van der Waals surface area contributed by atoms with Crippen molar-refractivity contribution in [1.29, 1.82) is 0 Å². The summed E-state index contributed by atoms with van der Waals surface area (Å²) in [6.45, 7) is 6.80. The lowest BCUT2D eigenvalue weighted by Crippen LogP contribution is -2.47. The summed E-state index contributed by atoms with van der Waals surface area (Å²) >= 11 is 0. The first-order chi connectivity index (χ1) is 40.4. The van der Waals surface area contributed by atoms with Gasteiger partial charge in [-0.2, -0.15) is 0 Å². The second-order valence-corrected chi connectivity index (χ2v) is 24.9. The van der Waals surface area contributed by atoms with Crippen LogP contribution < -0.4 is 5.32 Å². The number of likely N-dealkylation sites (N-methyl/N-ethyl adjacent to an activating group) is 1. The van der Waals surface area contributed by atoms with Crippen molar-refractivity contribution in [1.82, 2.24) is 5.32 Å². The fraction of sp³-hybridized carbons (Fsp3) is 0.671. The number of phosphoric acid groups is 1. The number of carbonyl (C=O) groups excluding carboxylic acids is 2. The monoisotopic (exact) mass is 1170 g/mol. The Balaban J connectivity index is 5.20. The zero-order valence-corrected chi connectivity index (χ0v) is 55.0. The SMILES string of the molecule is CC\C=C/C=C/C=C/C=C\C=C\C=C\CCCCCC(=O)OC(/C=C\CCCCCCCCCCCCC)C(COP(=O)(O)OCC[N+](C)(C)C)NC(=O)CCCCCCCCCCCCC/C=C\C/C=C\C/C=C\C/C=C\CCCCC. The fourth-order valence-corrected chi connectivity index (χ4v) is 9.81. The molecule has 0 spiro atoms. The van der Waals surface area contributed by atoms with E-state index in [0.717, 1.165) is 89.9 Å². The van der Waals surface area contributed by atoms with Gasteiger partial charge in [0.2, 0.25) is 5.91 Å². The number of rotatable bonds is 59. The van der Waals surface area contributed by atoms with Crippen molar-refractivity contribution in [3.8, 4) is 0 Å². The average Bonchev–Trinajstić information content (AvgIpc) is 3.47. The predicted molar refractivity (Wildman–Crippen MR) is 359 cm³/mol. The Hall–Kier alpha value is -3.85. The first-order valence-electron chi connectivity index (χ1n) is 33.6. The van der Waals surface area contributed by atoms with Gasteiger partial charge in [0, 0.05) is 12.8 Å². The molecule has 0 aliphatic heterocycles. The van der Waals surface area contributed by atoms with E-state index in [9.17, 15) is 19.0 Å². The maximum absolute atomic E-state index is 13.6. The summed E-state index contributed by atoms with van der Waals surface area (Å²) in [5, 5.41) is 3.05. The van der Waals surface area contributed by atoms with E-state index in [1.54, 1.807) is 0 Å². The molecule has 0 bridgehead atoms. The third-order valence-electron chi connectivity index (χ3n) is 14.2. The second kappa shape index (κ2) is 61.2. The molecule has 0 heterocycles. The van der Waals surface area contributed by atoms with Gasteiger partial charge in [0.05, 0.1) is 33.8 Å². The molecule has 0 aliphatic rings. The average molecular weight is 1170 g/mol. The lowest BCUT2D eigenvalue weighted by Gasteiger charge is -2.27. The Morgan fingerprint density at radius 1 is 0.446 bits per heavy atom. The third kappa shape index (κ3) is 62.5. The van der Waals surface area contributed by atoms with Gasteiger partial charge >= 0.3 is 13.8 Å². The van der Waals surface area contributed by atoms with Crippen LogP contribution in [0.5, 0.6) is 0 Å².